The second kappa shape index (κ2) is 5.41. The van der Waals surface area contributed by atoms with Gasteiger partial charge in [0.2, 0.25) is 10.0 Å². The van der Waals surface area contributed by atoms with Crippen LogP contribution in [-0.2, 0) is 16.6 Å². The Morgan fingerprint density at radius 1 is 1.37 bits per heavy atom. The van der Waals surface area contributed by atoms with E-state index in [1.165, 1.54) is 6.07 Å². The summed E-state index contributed by atoms with van der Waals surface area (Å²) in [7, 11) is -3.73. The van der Waals surface area contributed by atoms with E-state index in [4.69, 9.17) is 5.14 Å². The van der Waals surface area contributed by atoms with Gasteiger partial charge in [0.1, 0.15) is 4.90 Å². The summed E-state index contributed by atoms with van der Waals surface area (Å²) in [5.74, 6) is 0. The van der Waals surface area contributed by atoms with Crippen molar-refractivity contribution in [3.8, 4) is 0 Å². The highest BCUT2D eigenvalue weighted by molar-refractivity contribution is 7.89. The number of sulfonamides is 1. The number of anilines is 1. The molecule has 0 radical (unpaired) electrons. The van der Waals surface area contributed by atoms with E-state index in [9.17, 15) is 8.42 Å². The zero-order valence-corrected chi connectivity index (χ0v) is 11.3. The van der Waals surface area contributed by atoms with Gasteiger partial charge in [-0.1, -0.05) is 12.1 Å². The van der Waals surface area contributed by atoms with Crippen LogP contribution in [0.5, 0.6) is 0 Å². The summed E-state index contributed by atoms with van der Waals surface area (Å²) in [5, 5.41) is 12.4. The predicted octanol–water partition coefficient (Wildman–Crippen LogP) is 1.03. The van der Waals surface area contributed by atoms with Crippen LogP contribution in [0, 0.1) is 0 Å². The summed E-state index contributed by atoms with van der Waals surface area (Å²) in [6, 6.07) is 8.44. The van der Waals surface area contributed by atoms with Crippen molar-refractivity contribution in [1.82, 2.24) is 9.78 Å². The number of hydrogen-bond donors (Lipinski definition) is 2. The fraction of sp³-hybridized carbons (Fsp3) is 0.250. The fourth-order valence-electron chi connectivity index (χ4n) is 1.83. The van der Waals surface area contributed by atoms with E-state index in [0.717, 1.165) is 0 Å². The molecule has 0 fully saturated rings. The largest absolute Gasteiger partial charge is 0.380 e. The van der Waals surface area contributed by atoms with E-state index >= 15 is 0 Å². The van der Waals surface area contributed by atoms with Crippen LogP contribution in [0.1, 0.15) is 6.92 Å². The smallest absolute Gasteiger partial charge is 0.240 e. The third kappa shape index (κ3) is 3.55. The fourth-order valence-corrected chi connectivity index (χ4v) is 2.54. The minimum absolute atomic E-state index is 0.0165. The van der Waals surface area contributed by atoms with Crippen LogP contribution in [0.15, 0.2) is 47.6 Å². The molecule has 1 atom stereocenters. The molecule has 0 aliphatic carbocycles. The normalized spacial score (nSPS) is 13.2. The Kier molecular flexibility index (Phi) is 3.87. The number of rotatable bonds is 5. The highest BCUT2D eigenvalue weighted by atomic mass is 32.2. The second-order valence-electron chi connectivity index (χ2n) is 4.31. The average molecular weight is 280 g/mol. The first-order valence-electron chi connectivity index (χ1n) is 5.82. The lowest BCUT2D eigenvalue weighted by molar-refractivity contribution is 0.559. The van der Waals surface area contributed by atoms with Gasteiger partial charge in [0.05, 0.1) is 12.2 Å². The zero-order valence-electron chi connectivity index (χ0n) is 10.5. The third-order valence-electron chi connectivity index (χ3n) is 2.62. The summed E-state index contributed by atoms with van der Waals surface area (Å²) in [5.41, 5.74) is 0.504. The molecule has 6 nitrogen and oxygen atoms in total. The van der Waals surface area contributed by atoms with Crippen LogP contribution in [-0.4, -0.2) is 24.2 Å². The molecule has 1 heterocycles. The molecule has 0 saturated heterocycles. The Morgan fingerprint density at radius 3 is 2.74 bits per heavy atom. The van der Waals surface area contributed by atoms with Crippen LogP contribution < -0.4 is 10.5 Å². The monoisotopic (exact) mass is 280 g/mol. The maximum Gasteiger partial charge on any atom is 0.240 e. The van der Waals surface area contributed by atoms with Crippen molar-refractivity contribution in [2.75, 3.05) is 5.32 Å². The van der Waals surface area contributed by atoms with E-state index in [1.807, 2.05) is 19.2 Å². The maximum atomic E-state index is 11.5. The van der Waals surface area contributed by atoms with Crippen molar-refractivity contribution in [1.29, 1.82) is 0 Å². The summed E-state index contributed by atoms with van der Waals surface area (Å²) in [6.07, 6.45) is 3.55. The third-order valence-corrected chi connectivity index (χ3v) is 3.58. The molecule has 2 aromatic rings. The highest BCUT2D eigenvalue weighted by Gasteiger charge is 2.14. The Balaban J connectivity index is 2.15. The van der Waals surface area contributed by atoms with Crippen molar-refractivity contribution in [3.63, 3.8) is 0 Å². The molecular formula is C12H16N4O2S. The number of nitrogens with one attached hydrogen (secondary N) is 1. The van der Waals surface area contributed by atoms with Crippen LogP contribution >= 0.6 is 0 Å². The molecule has 0 bridgehead atoms. The molecule has 1 unspecified atom stereocenters. The predicted molar refractivity (Wildman–Crippen MR) is 73.1 cm³/mol. The van der Waals surface area contributed by atoms with Gasteiger partial charge in [0, 0.05) is 18.4 Å². The summed E-state index contributed by atoms with van der Waals surface area (Å²) in [4.78, 5) is 0.0994. The first-order valence-corrected chi connectivity index (χ1v) is 7.37. The number of para-hydroxylation sites is 1. The number of benzene rings is 1. The number of aromatic nitrogens is 2. The topological polar surface area (TPSA) is 90.0 Å². The minimum Gasteiger partial charge on any atom is -0.380 e. The molecule has 0 aliphatic rings. The molecule has 1 aromatic heterocycles. The van der Waals surface area contributed by atoms with Gasteiger partial charge in [-0.15, -0.1) is 0 Å². The Labute approximate surface area is 112 Å². The van der Waals surface area contributed by atoms with E-state index in [0.29, 0.717) is 12.2 Å². The molecule has 1 aromatic carbocycles. The van der Waals surface area contributed by atoms with E-state index in [1.54, 1.807) is 29.1 Å². The molecule has 19 heavy (non-hydrogen) atoms. The van der Waals surface area contributed by atoms with Crippen molar-refractivity contribution < 1.29 is 8.42 Å². The van der Waals surface area contributed by atoms with Gasteiger partial charge < -0.3 is 5.32 Å². The molecule has 2 rings (SSSR count). The minimum atomic E-state index is -3.73. The maximum absolute atomic E-state index is 11.5. The molecule has 7 heteroatoms. The van der Waals surface area contributed by atoms with Crippen molar-refractivity contribution in [2.24, 2.45) is 5.14 Å². The van der Waals surface area contributed by atoms with Gasteiger partial charge in [-0.25, -0.2) is 13.6 Å². The van der Waals surface area contributed by atoms with Gasteiger partial charge in [0.25, 0.3) is 0 Å². The molecule has 3 N–H and O–H groups in total. The lowest BCUT2D eigenvalue weighted by atomic mass is 10.2. The van der Waals surface area contributed by atoms with Crippen molar-refractivity contribution in [3.05, 3.63) is 42.7 Å². The lowest BCUT2D eigenvalue weighted by Gasteiger charge is -2.17. The molecule has 102 valence electrons. The van der Waals surface area contributed by atoms with Gasteiger partial charge in [-0.2, -0.15) is 5.10 Å². The summed E-state index contributed by atoms with van der Waals surface area (Å²) < 4.78 is 24.7. The summed E-state index contributed by atoms with van der Waals surface area (Å²) in [6.45, 7) is 2.58. The highest BCUT2D eigenvalue weighted by Crippen LogP contribution is 2.20. The molecule has 0 saturated carbocycles. The van der Waals surface area contributed by atoms with Gasteiger partial charge >= 0.3 is 0 Å². The van der Waals surface area contributed by atoms with E-state index in [2.05, 4.69) is 10.4 Å². The van der Waals surface area contributed by atoms with Gasteiger partial charge in [0.15, 0.2) is 0 Å². The van der Waals surface area contributed by atoms with Gasteiger partial charge in [-0.05, 0) is 25.1 Å². The number of nitrogens with two attached hydrogens (primary N) is 1. The lowest BCUT2D eigenvalue weighted by Crippen LogP contribution is -2.24. The number of primary sulfonamides is 1. The molecule has 0 amide bonds. The number of nitrogens with zero attached hydrogens (tertiary/aromatic N) is 2. The quantitative estimate of drug-likeness (QED) is 0.856. The molecule has 0 aliphatic heterocycles. The van der Waals surface area contributed by atoms with Crippen molar-refractivity contribution in [2.45, 2.75) is 24.4 Å². The molecular weight excluding hydrogens is 264 g/mol. The first kappa shape index (κ1) is 13.6. The van der Waals surface area contributed by atoms with Crippen LogP contribution in [0.2, 0.25) is 0 Å². The van der Waals surface area contributed by atoms with Gasteiger partial charge in [-0.3, -0.25) is 4.68 Å². The first-order chi connectivity index (χ1) is 8.97. The molecule has 0 spiro atoms. The second-order valence-corrected chi connectivity index (χ2v) is 5.84. The Bertz CT molecular complexity index is 638. The Morgan fingerprint density at radius 2 is 2.11 bits per heavy atom. The standard InChI is InChI=1S/C12H16N4O2S/c1-10(9-16-8-4-7-14-16)15-11-5-2-3-6-12(11)19(13,17)18/h2-8,10,15H,9H2,1H3,(H2,13,17,18). The van der Waals surface area contributed by atoms with Crippen molar-refractivity contribution >= 4 is 15.7 Å². The van der Waals surface area contributed by atoms with Crippen LogP contribution in [0.25, 0.3) is 0 Å². The van der Waals surface area contributed by atoms with E-state index < -0.39 is 10.0 Å². The SMILES string of the molecule is CC(Cn1cccn1)Nc1ccccc1S(N)(=O)=O. The summed E-state index contributed by atoms with van der Waals surface area (Å²) >= 11 is 0. The Hall–Kier alpha value is -1.86. The number of hydrogen-bond acceptors (Lipinski definition) is 4. The van der Waals surface area contributed by atoms with Crippen LogP contribution in [0.3, 0.4) is 0 Å². The average Bonchev–Trinajstić information content (AvgIpc) is 2.81. The van der Waals surface area contributed by atoms with Crippen LogP contribution in [0.4, 0.5) is 5.69 Å². The zero-order chi connectivity index (χ0) is 13.9. The van der Waals surface area contributed by atoms with E-state index in [-0.39, 0.29) is 10.9 Å².